The highest BCUT2D eigenvalue weighted by molar-refractivity contribution is 7.89. The lowest BCUT2D eigenvalue weighted by molar-refractivity contribution is 0.290. The minimum absolute atomic E-state index is 0.0175. The van der Waals surface area contributed by atoms with E-state index in [1.807, 2.05) is 31.2 Å². The molecule has 1 fully saturated rings. The number of piperidine rings is 1. The van der Waals surface area contributed by atoms with Gasteiger partial charge in [-0.15, -0.1) is 10.2 Å². The Morgan fingerprint density at radius 2 is 1.77 bits per heavy atom. The summed E-state index contributed by atoms with van der Waals surface area (Å²) in [6.07, 6.45) is 1.20. The molecule has 1 aromatic heterocycles. The fourth-order valence-electron chi connectivity index (χ4n) is 3.79. The fraction of sp³-hybridized carbons (Fsp3) is 0.364. The molecular weight excluding hydrogens is 418 g/mol. The number of ether oxygens (including phenoxy) is 2. The van der Waals surface area contributed by atoms with Gasteiger partial charge in [0.05, 0.1) is 14.2 Å². The molecule has 9 heteroatoms. The first kappa shape index (κ1) is 21.3. The molecule has 164 valence electrons. The van der Waals surface area contributed by atoms with E-state index < -0.39 is 10.0 Å². The number of aryl methyl sites for hydroxylation is 1. The zero-order valence-corrected chi connectivity index (χ0v) is 18.6. The Hall–Kier alpha value is -2.91. The molecule has 2 heterocycles. The van der Waals surface area contributed by atoms with Crippen molar-refractivity contribution < 1.29 is 22.3 Å². The zero-order valence-electron chi connectivity index (χ0n) is 17.7. The molecule has 1 aliphatic heterocycles. The van der Waals surface area contributed by atoms with Crippen LogP contribution in [0.1, 0.15) is 30.2 Å². The van der Waals surface area contributed by atoms with Crippen LogP contribution in [0.15, 0.2) is 51.8 Å². The summed E-state index contributed by atoms with van der Waals surface area (Å²) in [6.45, 7) is 2.71. The van der Waals surface area contributed by atoms with E-state index in [9.17, 15) is 8.42 Å². The molecular formula is C22H25N3O5S. The summed E-state index contributed by atoms with van der Waals surface area (Å²) in [5.74, 6) is 1.81. The Morgan fingerprint density at radius 1 is 1.03 bits per heavy atom. The fourth-order valence-corrected chi connectivity index (χ4v) is 5.43. The number of aromatic nitrogens is 2. The molecule has 1 saturated heterocycles. The third-order valence-corrected chi connectivity index (χ3v) is 7.53. The molecule has 4 rings (SSSR count). The van der Waals surface area contributed by atoms with Crippen LogP contribution in [0.4, 0.5) is 0 Å². The summed E-state index contributed by atoms with van der Waals surface area (Å²) in [6, 6.07) is 12.6. The molecule has 0 radical (unpaired) electrons. The van der Waals surface area contributed by atoms with Gasteiger partial charge in [0.1, 0.15) is 16.4 Å². The minimum Gasteiger partial charge on any atom is -0.497 e. The lowest BCUT2D eigenvalue weighted by Gasteiger charge is -2.30. The molecule has 0 atom stereocenters. The van der Waals surface area contributed by atoms with E-state index in [4.69, 9.17) is 13.9 Å². The van der Waals surface area contributed by atoms with Crippen LogP contribution in [0.2, 0.25) is 0 Å². The first-order valence-corrected chi connectivity index (χ1v) is 11.5. The van der Waals surface area contributed by atoms with Gasteiger partial charge in [-0.3, -0.25) is 0 Å². The molecule has 2 aromatic carbocycles. The highest BCUT2D eigenvalue weighted by Crippen LogP contribution is 2.35. The van der Waals surface area contributed by atoms with Gasteiger partial charge in [0, 0.05) is 30.6 Å². The Bertz CT molecular complexity index is 1170. The van der Waals surface area contributed by atoms with E-state index in [0.717, 1.165) is 11.1 Å². The van der Waals surface area contributed by atoms with Crippen LogP contribution in [0, 0.1) is 6.92 Å². The number of hydrogen-bond donors (Lipinski definition) is 0. The summed E-state index contributed by atoms with van der Waals surface area (Å²) in [5, 5.41) is 8.43. The molecule has 3 aromatic rings. The Labute approximate surface area is 181 Å². The van der Waals surface area contributed by atoms with Gasteiger partial charge >= 0.3 is 0 Å². The van der Waals surface area contributed by atoms with Crippen LogP contribution in [0.3, 0.4) is 0 Å². The third kappa shape index (κ3) is 4.15. The van der Waals surface area contributed by atoms with Crippen LogP contribution >= 0.6 is 0 Å². The summed E-state index contributed by atoms with van der Waals surface area (Å²) < 4.78 is 44.4. The molecule has 0 aliphatic carbocycles. The molecule has 0 amide bonds. The second-order valence-electron chi connectivity index (χ2n) is 7.46. The molecule has 31 heavy (non-hydrogen) atoms. The smallest absolute Gasteiger partial charge is 0.248 e. The van der Waals surface area contributed by atoms with Crippen molar-refractivity contribution >= 4 is 10.0 Å². The maximum atomic E-state index is 13.2. The van der Waals surface area contributed by atoms with Gasteiger partial charge in [-0.2, -0.15) is 4.31 Å². The second-order valence-corrected chi connectivity index (χ2v) is 9.36. The normalized spacial score (nSPS) is 15.7. The van der Waals surface area contributed by atoms with Gasteiger partial charge in [0.15, 0.2) is 0 Å². The van der Waals surface area contributed by atoms with Gasteiger partial charge in [0.25, 0.3) is 0 Å². The summed E-state index contributed by atoms with van der Waals surface area (Å²) >= 11 is 0. The highest BCUT2D eigenvalue weighted by atomic mass is 32.2. The van der Waals surface area contributed by atoms with E-state index in [0.29, 0.717) is 49.2 Å². The number of sulfonamides is 1. The number of methoxy groups -OCH3 is 2. The van der Waals surface area contributed by atoms with Crippen molar-refractivity contribution in [3.05, 3.63) is 53.9 Å². The molecule has 0 N–H and O–H groups in total. The molecule has 1 aliphatic rings. The SMILES string of the molecule is COc1ccc(OC)c(S(=O)(=O)N2CCC(c3nnc(-c4ccccc4C)o3)CC2)c1. The topological polar surface area (TPSA) is 94.8 Å². The van der Waals surface area contributed by atoms with Crippen molar-refractivity contribution in [2.24, 2.45) is 0 Å². The number of nitrogens with zero attached hydrogens (tertiary/aromatic N) is 3. The predicted octanol–water partition coefficient (Wildman–Crippen LogP) is 3.63. The quantitative estimate of drug-likeness (QED) is 0.574. The van der Waals surface area contributed by atoms with Crippen molar-refractivity contribution in [3.8, 4) is 23.0 Å². The molecule has 0 unspecified atom stereocenters. The average Bonchev–Trinajstić information content (AvgIpc) is 3.29. The summed E-state index contributed by atoms with van der Waals surface area (Å²) in [5.41, 5.74) is 1.97. The van der Waals surface area contributed by atoms with Crippen LogP contribution < -0.4 is 9.47 Å². The van der Waals surface area contributed by atoms with E-state index in [-0.39, 0.29) is 10.8 Å². The van der Waals surface area contributed by atoms with Crippen LogP contribution in [0.25, 0.3) is 11.5 Å². The van der Waals surface area contributed by atoms with Crippen molar-refractivity contribution in [3.63, 3.8) is 0 Å². The summed E-state index contributed by atoms with van der Waals surface area (Å²) in [4.78, 5) is 0.104. The van der Waals surface area contributed by atoms with E-state index >= 15 is 0 Å². The standard InChI is InChI=1S/C22H25N3O5S/c1-15-6-4-5-7-18(15)22-24-23-21(30-22)16-10-12-25(13-11-16)31(26,27)20-14-17(28-2)8-9-19(20)29-3/h4-9,14,16H,10-13H2,1-3H3. The van der Waals surface area contributed by atoms with Gasteiger partial charge in [0.2, 0.25) is 21.8 Å². The average molecular weight is 444 g/mol. The van der Waals surface area contributed by atoms with Gasteiger partial charge < -0.3 is 13.9 Å². The molecule has 0 bridgehead atoms. The van der Waals surface area contributed by atoms with Gasteiger partial charge in [-0.25, -0.2) is 8.42 Å². The maximum Gasteiger partial charge on any atom is 0.248 e. The maximum absolute atomic E-state index is 13.2. The largest absolute Gasteiger partial charge is 0.497 e. The Balaban J connectivity index is 1.50. The van der Waals surface area contributed by atoms with Crippen LogP contribution in [0.5, 0.6) is 11.5 Å². The van der Waals surface area contributed by atoms with Crippen LogP contribution in [-0.2, 0) is 10.0 Å². The third-order valence-electron chi connectivity index (χ3n) is 5.61. The first-order valence-electron chi connectivity index (χ1n) is 10.1. The highest BCUT2D eigenvalue weighted by Gasteiger charge is 2.34. The first-order chi connectivity index (χ1) is 14.9. The van der Waals surface area contributed by atoms with Gasteiger partial charge in [-0.1, -0.05) is 18.2 Å². The zero-order chi connectivity index (χ0) is 22.0. The Morgan fingerprint density at radius 3 is 2.45 bits per heavy atom. The van der Waals surface area contributed by atoms with E-state index in [1.54, 1.807) is 12.1 Å². The van der Waals surface area contributed by atoms with E-state index in [1.165, 1.54) is 24.6 Å². The van der Waals surface area contributed by atoms with E-state index in [2.05, 4.69) is 10.2 Å². The monoisotopic (exact) mass is 443 g/mol. The molecule has 0 saturated carbocycles. The van der Waals surface area contributed by atoms with Crippen LogP contribution in [-0.4, -0.2) is 50.2 Å². The lowest BCUT2D eigenvalue weighted by Crippen LogP contribution is -2.38. The number of hydrogen-bond acceptors (Lipinski definition) is 7. The lowest BCUT2D eigenvalue weighted by atomic mass is 9.98. The van der Waals surface area contributed by atoms with Crippen molar-refractivity contribution in [1.82, 2.24) is 14.5 Å². The van der Waals surface area contributed by atoms with Gasteiger partial charge in [-0.05, 0) is 43.5 Å². The molecule has 8 nitrogen and oxygen atoms in total. The van der Waals surface area contributed by atoms with Crippen molar-refractivity contribution in [1.29, 1.82) is 0 Å². The molecule has 0 spiro atoms. The number of benzene rings is 2. The Kier molecular flexibility index (Phi) is 5.97. The minimum atomic E-state index is -3.72. The number of rotatable bonds is 6. The predicted molar refractivity (Wildman–Crippen MR) is 115 cm³/mol. The summed E-state index contributed by atoms with van der Waals surface area (Å²) in [7, 11) is -0.772. The second kappa shape index (κ2) is 8.68. The van der Waals surface area contributed by atoms with Crippen molar-refractivity contribution in [2.75, 3.05) is 27.3 Å². The van der Waals surface area contributed by atoms with Crippen molar-refractivity contribution in [2.45, 2.75) is 30.6 Å².